The fourth-order valence-corrected chi connectivity index (χ4v) is 3.29. The number of hydrogen-bond donors (Lipinski definition) is 8. The molecule has 3 amide bonds. The molecule has 0 aliphatic carbocycles. The van der Waals surface area contributed by atoms with Crippen molar-refractivity contribution in [1.82, 2.24) is 16.0 Å². The fraction of sp³-hybridized carbons (Fsp3) is 0.773. The van der Waals surface area contributed by atoms with Gasteiger partial charge >= 0.3 is 11.9 Å². The average Bonchev–Trinajstić information content (AvgIpc) is 2.79. The van der Waals surface area contributed by atoms with E-state index in [0.717, 1.165) is 0 Å². The molecule has 0 saturated heterocycles. The normalized spacial score (nSPS) is 15.2. The number of hydrogen-bond acceptors (Lipinski definition) is 8. The second kappa shape index (κ2) is 17.6. The molecule has 0 heterocycles. The largest absolute Gasteiger partial charge is 0.481 e. The lowest BCUT2D eigenvalue weighted by Crippen LogP contribution is -2.58. The van der Waals surface area contributed by atoms with Crippen molar-refractivity contribution >= 4 is 29.7 Å². The third kappa shape index (κ3) is 13.0. The Morgan fingerprint density at radius 3 is 1.74 bits per heavy atom. The molecule has 0 aliphatic rings. The molecule has 13 nitrogen and oxygen atoms in total. The Kier molecular flexibility index (Phi) is 16.2. The van der Waals surface area contributed by atoms with Crippen molar-refractivity contribution in [2.45, 2.75) is 89.4 Å². The Bertz CT molecular complexity index is 706. The summed E-state index contributed by atoms with van der Waals surface area (Å²) in [5.41, 5.74) is 16.6. The van der Waals surface area contributed by atoms with E-state index in [9.17, 15) is 29.1 Å². The van der Waals surface area contributed by atoms with E-state index >= 15 is 0 Å². The summed E-state index contributed by atoms with van der Waals surface area (Å²) < 4.78 is 0. The third-order valence-corrected chi connectivity index (χ3v) is 5.67. The Morgan fingerprint density at radius 2 is 1.29 bits per heavy atom. The Hall–Kier alpha value is -2.77. The zero-order chi connectivity index (χ0) is 27.0. The van der Waals surface area contributed by atoms with Gasteiger partial charge in [-0.15, -0.1) is 0 Å². The van der Waals surface area contributed by atoms with Crippen molar-refractivity contribution in [3.05, 3.63) is 0 Å². The first-order chi connectivity index (χ1) is 16.5. The Labute approximate surface area is 205 Å². The first kappa shape index (κ1) is 32.2. The van der Waals surface area contributed by atoms with Crippen LogP contribution in [-0.4, -0.2) is 77.1 Å². The summed E-state index contributed by atoms with van der Waals surface area (Å²) in [6.07, 6.45) is 2.51. The van der Waals surface area contributed by atoms with Gasteiger partial charge in [0.2, 0.25) is 17.7 Å². The summed E-state index contributed by atoms with van der Waals surface area (Å²) in [5.74, 6) is -4.92. The van der Waals surface area contributed by atoms with E-state index < -0.39 is 60.2 Å². The summed E-state index contributed by atoms with van der Waals surface area (Å²) in [6.45, 7) is 4.30. The third-order valence-electron chi connectivity index (χ3n) is 5.67. The van der Waals surface area contributed by atoms with Gasteiger partial charge in [-0.2, -0.15) is 0 Å². The van der Waals surface area contributed by atoms with Crippen molar-refractivity contribution < 1.29 is 34.2 Å². The van der Waals surface area contributed by atoms with Gasteiger partial charge in [0.25, 0.3) is 0 Å². The predicted octanol–water partition coefficient (Wildman–Crippen LogP) is -1.37. The van der Waals surface area contributed by atoms with Crippen LogP contribution in [0.15, 0.2) is 0 Å². The molecule has 0 spiro atoms. The SMILES string of the molecule is CCC(C)C(NC(=O)C(N)CC(=O)O)C(=O)NC(CCCCN)C(=O)NC(CCCCN)C(=O)O. The van der Waals surface area contributed by atoms with E-state index in [1.807, 2.05) is 0 Å². The molecule has 5 unspecified atom stereocenters. The summed E-state index contributed by atoms with van der Waals surface area (Å²) in [5, 5.41) is 25.9. The average molecular weight is 503 g/mol. The van der Waals surface area contributed by atoms with Crippen molar-refractivity contribution in [2.75, 3.05) is 13.1 Å². The number of carboxylic acid groups (broad SMARTS) is 2. The van der Waals surface area contributed by atoms with Gasteiger partial charge in [0.15, 0.2) is 0 Å². The second-order valence-corrected chi connectivity index (χ2v) is 8.61. The molecule has 35 heavy (non-hydrogen) atoms. The fourth-order valence-electron chi connectivity index (χ4n) is 3.29. The highest BCUT2D eigenvalue weighted by Crippen LogP contribution is 2.11. The highest BCUT2D eigenvalue weighted by molar-refractivity contribution is 5.94. The van der Waals surface area contributed by atoms with Crippen LogP contribution < -0.4 is 33.2 Å². The lowest BCUT2D eigenvalue weighted by atomic mass is 9.96. The molecular weight excluding hydrogens is 460 g/mol. The lowest BCUT2D eigenvalue weighted by molar-refractivity contribution is -0.142. The number of aliphatic carboxylic acids is 2. The minimum atomic E-state index is -1.35. The van der Waals surface area contributed by atoms with Gasteiger partial charge in [-0.3, -0.25) is 19.2 Å². The molecule has 0 saturated carbocycles. The second-order valence-electron chi connectivity index (χ2n) is 8.61. The standard InChI is InChI=1S/C22H42N6O7/c1-3-13(2)18(28-19(31)14(25)12-17(29)30)21(33)26-15(8-4-6-10-23)20(32)27-16(22(34)35)9-5-7-11-24/h13-16,18H,3-12,23-25H2,1-2H3,(H,26,33)(H,27,32)(H,28,31)(H,29,30)(H,34,35). The number of amides is 3. The van der Waals surface area contributed by atoms with Crippen LogP contribution in [0.3, 0.4) is 0 Å². The molecule has 13 heteroatoms. The van der Waals surface area contributed by atoms with Crippen LogP contribution in [-0.2, 0) is 24.0 Å². The number of carbonyl (C=O) groups is 5. The summed E-state index contributed by atoms with van der Waals surface area (Å²) in [6, 6.07) is -4.61. The molecule has 0 fully saturated rings. The van der Waals surface area contributed by atoms with Crippen LogP contribution in [0.5, 0.6) is 0 Å². The molecule has 202 valence electrons. The summed E-state index contributed by atoms with van der Waals surface area (Å²) >= 11 is 0. The van der Waals surface area contributed by atoms with E-state index in [-0.39, 0.29) is 18.8 Å². The molecule has 0 aromatic rings. The summed E-state index contributed by atoms with van der Waals surface area (Å²) in [4.78, 5) is 60.8. The van der Waals surface area contributed by atoms with Gasteiger partial charge < -0.3 is 43.4 Å². The number of rotatable bonds is 19. The van der Waals surface area contributed by atoms with Crippen molar-refractivity contribution in [2.24, 2.45) is 23.1 Å². The Balaban J connectivity index is 5.53. The van der Waals surface area contributed by atoms with Crippen molar-refractivity contribution in [3.8, 4) is 0 Å². The molecule has 5 atom stereocenters. The predicted molar refractivity (Wildman–Crippen MR) is 129 cm³/mol. The first-order valence-electron chi connectivity index (χ1n) is 12.0. The quantitative estimate of drug-likeness (QED) is 0.0963. The van der Waals surface area contributed by atoms with Crippen LogP contribution >= 0.6 is 0 Å². The zero-order valence-electron chi connectivity index (χ0n) is 20.6. The highest BCUT2D eigenvalue weighted by atomic mass is 16.4. The van der Waals surface area contributed by atoms with Gasteiger partial charge in [0, 0.05) is 0 Å². The minimum Gasteiger partial charge on any atom is -0.481 e. The number of carbonyl (C=O) groups excluding carboxylic acids is 3. The van der Waals surface area contributed by atoms with Crippen LogP contribution in [0, 0.1) is 5.92 Å². The molecular formula is C22H42N6O7. The van der Waals surface area contributed by atoms with Gasteiger partial charge in [-0.1, -0.05) is 20.3 Å². The van der Waals surface area contributed by atoms with Crippen molar-refractivity contribution in [1.29, 1.82) is 0 Å². The molecule has 0 aliphatic heterocycles. The smallest absolute Gasteiger partial charge is 0.326 e. The first-order valence-corrected chi connectivity index (χ1v) is 12.0. The van der Waals surface area contributed by atoms with E-state index in [0.29, 0.717) is 45.2 Å². The van der Waals surface area contributed by atoms with E-state index in [4.69, 9.17) is 22.3 Å². The monoisotopic (exact) mass is 502 g/mol. The van der Waals surface area contributed by atoms with Crippen LogP contribution in [0.25, 0.3) is 0 Å². The van der Waals surface area contributed by atoms with E-state index in [2.05, 4.69) is 16.0 Å². The Morgan fingerprint density at radius 1 is 0.771 bits per heavy atom. The van der Waals surface area contributed by atoms with E-state index in [1.54, 1.807) is 13.8 Å². The van der Waals surface area contributed by atoms with Crippen LogP contribution in [0.1, 0.15) is 65.2 Å². The van der Waals surface area contributed by atoms with Gasteiger partial charge in [0.05, 0.1) is 12.5 Å². The van der Waals surface area contributed by atoms with E-state index in [1.165, 1.54) is 0 Å². The number of nitrogens with one attached hydrogen (secondary N) is 3. The van der Waals surface area contributed by atoms with Crippen LogP contribution in [0.4, 0.5) is 0 Å². The molecule has 0 radical (unpaired) electrons. The molecule has 0 rings (SSSR count). The molecule has 0 aromatic heterocycles. The number of unbranched alkanes of at least 4 members (excludes halogenated alkanes) is 2. The molecule has 0 bridgehead atoms. The van der Waals surface area contributed by atoms with Crippen LogP contribution in [0.2, 0.25) is 0 Å². The van der Waals surface area contributed by atoms with Gasteiger partial charge in [0.1, 0.15) is 18.1 Å². The highest BCUT2D eigenvalue weighted by Gasteiger charge is 2.32. The van der Waals surface area contributed by atoms with Crippen molar-refractivity contribution in [3.63, 3.8) is 0 Å². The number of nitrogens with two attached hydrogens (primary N) is 3. The minimum absolute atomic E-state index is 0.189. The maximum Gasteiger partial charge on any atom is 0.326 e. The summed E-state index contributed by atoms with van der Waals surface area (Å²) in [7, 11) is 0. The zero-order valence-corrected chi connectivity index (χ0v) is 20.6. The maximum absolute atomic E-state index is 13.1. The molecule has 0 aromatic carbocycles. The maximum atomic E-state index is 13.1. The molecule has 11 N–H and O–H groups in total. The lowest BCUT2D eigenvalue weighted by Gasteiger charge is -2.28. The topological polar surface area (TPSA) is 240 Å². The number of carboxylic acids is 2. The van der Waals surface area contributed by atoms with Gasteiger partial charge in [-0.05, 0) is 57.5 Å². The van der Waals surface area contributed by atoms with Gasteiger partial charge in [-0.25, -0.2) is 4.79 Å².